The van der Waals surface area contributed by atoms with Gasteiger partial charge in [0.25, 0.3) is 0 Å². The van der Waals surface area contributed by atoms with E-state index in [0.29, 0.717) is 24.9 Å². The van der Waals surface area contributed by atoms with Gasteiger partial charge in [0.2, 0.25) is 0 Å². The number of hydrogen-bond acceptors (Lipinski definition) is 3. The summed E-state index contributed by atoms with van der Waals surface area (Å²) >= 11 is 0. The molecule has 0 radical (unpaired) electrons. The lowest BCUT2D eigenvalue weighted by Crippen LogP contribution is -2.42. The van der Waals surface area contributed by atoms with Crippen molar-refractivity contribution in [3.8, 4) is 12.3 Å². The molecule has 0 bridgehead atoms. The minimum Gasteiger partial charge on any atom is -0.354 e. The van der Waals surface area contributed by atoms with Crippen molar-refractivity contribution in [2.75, 3.05) is 24.6 Å². The molecule has 1 atom stereocenters. The van der Waals surface area contributed by atoms with Gasteiger partial charge in [-0.15, -0.1) is 30.4 Å². The summed E-state index contributed by atoms with van der Waals surface area (Å²) in [7, 11) is -2.83. The monoisotopic (exact) mass is 425 g/mol. The molecule has 0 aromatic heterocycles. The Morgan fingerprint density at radius 3 is 2.57 bits per heavy atom. The fourth-order valence-electron chi connectivity index (χ4n) is 2.79. The maximum Gasteiger partial charge on any atom is 0.192 e. The topological polar surface area (TPSA) is 70.6 Å². The van der Waals surface area contributed by atoms with Crippen molar-refractivity contribution < 1.29 is 8.42 Å². The van der Waals surface area contributed by atoms with E-state index in [0.717, 1.165) is 25.2 Å². The zero-order valence-electron chi connectivity index (χ0n) is 12.2. The van der Waals surface area contributed by atoms with Crippen molar-refractivity contribution in [2.45, 2.75) is 38.1 Å². The second-order valence-corrected chi connectivity index (χ2v) is 7.87. The molecule has 0 aromatic rings. The Labute approximate surface area is 144 Å². The summed E-state index contributed by atoms with van der Waals surface area (Å²) in [5.41, 5.74) is 0. The first-order chi connectivity index (χ1) is 9.59. The Balaban J connectivity index is 0.00000220. The Hall–Kier alpha value is -0.490. The van der Waals surface area contributed by atoms with Crippen LogP contribution in [0.25, 0.3) is 0 Å². The number of nitrogens with one attached hydrogen (secondary N) is 2. The summed E-state index contributed by atoms with van der Waals surface area (Å²) in [6.07, 6.45) is 10.8. The SMILES string of the molecule is C#CCNC(=NCC1CCS(=O)(=O)C1)NC1CCCC1.I. The minimum absolute atomic E-state index is 0. The van der Waals surface area contributed by atoms with Gasteiger partial charge in [0.15, 0.2) is 15.8 Å². The molecule has 21 heavy (non-hydrogen) atoms. The van der Waals surface area contributed by atoms with Crippen LogP contribution in [0.5, 0.6) is 0 Å². The van der Waals surface area contributed by atoms with E-state index in [1.54, 1.807) is 0 Å². The first-order valence-electron chi connectivity index (χ1n) is 7.28. The van der Waals surface area contributed by atoms with Gasteiger partial charge in [0.05, 0.1) is 18.1 Å². The molecule has 0 spiro atoms. The lowest BCUT2D eigenvalue weighted by atomic mass is 10.1. The molecular formula is C14H24IN3O2S. The Morgan fingerprint density at radius 1 is 1.29 bits per heavy atom. The maximum atomic E-state index is 11.4. The van der Waals surface area contributed by atoms with Gasteiger partial charge in [0, 0.05) is 12.6 Å². The van der Waals surface area contributed by atoms with E-state index >= 15 is 0 Å². The highest BCUT2D eigenvalue weighted by molar-refractivity contribution is 14.0. The van der Waals surface area contributed by atoms with E-state index in [4.69, 9.17) is 6.42 Å². The molecule has 1 heterocycles. The van der Waals surface area contributed by atoms with E-state index in [1.165, 1.54) is 12.8 Å². The van der Waals surface area contributed by atoms with Crippen molar-refractivity contribution in [1.82, 2.24) is 10.6 Å². The number of terminal acetylenes is 1. The fourth-order valence-corrected chi connectivity index (χ4v) is 4.64. The molecule has 2 N–H and O–H groups in total. The van der Waals surface area contributed by atoms with Gasteiger partial charge in [-0.1, -0.05) is 18.8 Å². The molecule has 2 rings (SSSR count). The first-order valence-corrected chi connectivity index (χ1v) is 9.10. The van der Waals surface area contributed by atoms with E-state index in [2.05, 4.69) is 21.5 Å². The summed E-state index contributed by atoms with van der Waals surface area (Å²) in [4.78, 5) is 4.51. The highest BCUT2D eigenvalue weighted by atomic mass is 127. The lowest BCUT2D eigenvalue weighted by Gasteiger charge is -2.17. The average molecular weight is 425 g/mol. The van der Waals surface area contributed by atoms with Crippen molar-refractivity contribution in [3.63, 3.8) is 0 Å². The normalized spacial score (nSPS) is 25.1. The van der Waals surface area contributed by atoms with Gasteiger partial charge < -0.3 is 10.6 Å². The zero-order valence-corrected chi connectivity index (χ0v) is 15.3. The van der Waals surface area contributed by atoms with Crippen LogP contribution in [0, 0.1) is 18.3 Å². The third kappa shape index (κ3) is 6.43. The first kappa shape index (κ1) is 18.6. The predicted octanol–water partition coefficient (Wildman–Crippen LogP) is 1.15. The molecule has 0 amide bonds. The van der Waals surface area contributed by atoms with Crippen molar-refractivity contribution in [3.05, 3.63) is 0 Å². The van der Waals surface area contributed by atoms with Crippen LogP contribution in [-0.4, -0.2) is 45.0 Å². The fraction of sp³-hybridized carbons (Fsp3) is 0.786. The quantitative estimate of drug-likeness (QED) is 0.307. The molecule has 1 aliphatic carbocycles. The van der Waals surface area contributed by atoms with E-state index < -0.39 is 9.84 Å². The van der Waals surface area contributed by atoms with E-state index in [9.17, 15) is 8.42 Å². The molecule has 5 nitrogen and oxygen atoms in total. The van der Waals surface area contributed by atoms with Crippen LogP contribution in [0.2, 0.25) is 0 Å². The second-order valence-electron chi connectivity index (χ2n) is 5.64. The standard InChI is InChI=1S/C14H23N3O2S.HI/c1-2-8-15-14(17-13-5-3-4-6-13)16-10-12-7-9-20(18,19)11-12;/h1,12-13H,3-11H2,(H2,15,16,17);1H. The van der Waals surface area contributed by atoms with Crippen LogP contribution in [0.4, 0.5) is 0 Å². The van der Waals surface area contributed by atoms with Crippen LogP contribution in [0.15, 0.2) is 4.99 Å². The molecule has 1 saturated heterocycles. The third-order valence-electron chi connectivity index (χ3n) is 3.89. The number of hydrogen-bond donors (Lipinski definition) is 2. The number of halogens is 1. The maximum absolute atomic E-state index is 11.4. The number of nitrogens with zero attached hydrogens (tertiary/aromatic N) is 1. The number of sulfone groups is 1. The Kier molecular flexibility index (Phi) is 7.81. The summed E-state index contributed by atoms with van der Waals surface area (Å²) in [5, 5.41) is 6.48. The van der Waals surface area contributed by atoms with Gasteiger partial charge in [0.1, 0.15) is 0 Å². The molecule has 1 aliphatic heterocycles. The minimum atomic E-state index is -2.83. The van der Waals surface area contributed by atoms with Crippen molar-refractivity contribution >= 4 is 39.8 Å². The van der Waals surface area contributed by atoms with Crippen molar-refractivity contribution in [2.24, 2.45) is 10.9 Å². The van der Waals surface area contributed by atoms with Gasteiger partial charge in [-0.25, -0.2) is 8.42 Å². The smallest absolute Gasteiger partial charge is 0.192 e. The predicted molar refractivity (Wildman–Crippen MR) is 96.7 cm³/mol. The molecule has 1 saturated carbocycles. The zero-order chi connectivity index (χ0) is 14.4. The summed E-state index contributed by atoms with van der Waals surface area (Å²) < 4.78 is 22.9. The molecule has 2 aliphatic rings. The van der Waals surface area contributed by atoms with Crippen LogP contribution in [0.3, 0.4) is 0 Å². The summed E-state index contributed by atoms with van der Waals surface area (Å²) in [6, 6.07) is 0.464. The molecule has 120 valence electrons. The Morgan fingerprint density at radius 2 is 2.00 bits per heavy atom. The lowest BCUT2D eigenvalue weighted by molar-refractivity contribution is 0.582. The summed E-state index contributed by atoms with van der Waals surface area (Å²) in [5.74, 6) is 3.97. The second kappa shape index (κ2) is 8.83. The highest BCUT2D eigenvalue weighted by Gasteiger charge is 2.27. The van der Waals surface area contributed by atoms with Crippen LogP contribution >= 0.6 is 24.0 Å². The van der Waals surface area contributed by atoms with Gasteiger partial charge in [-0.3, -0.25) is 4.99 Å². The van der Waals surface area contributed by atoms with Crippen LogP contribution in [0.1, 0.15) is 32.1 Å². The van der Waals surface area contributed by atoms with Crippen molar-refractivity contribution in [1.29, 1.82) is 0 Å². The number of aliphatic imine (C=N–C) groups is 1. The van der Waals surface area contributed by atoms with Gasteiger partial charge in [-0.2, -0.15) is 0 Å². The molecule has 2 fully saturated rings. The Bertz CT molecular complexity index is 493. The molecule has 7 heteroatoms. The van der Waals surface area contributed by atoms with Gasteiger partial charge in [-0.05, 0) is 25.2 Å². The largest absolute Gasteiger partial charge is 0.354 e. The summed E-state index contributed by atoms with van der Waals surface area (Å²) in [6.45, 7) is 0.980. The highest BCUT2D eigenvalue weighted by Crippen LogP contribution is 2.19. The number of rotatable bonds is 4. The molecule has 1 unspecified atom stereocenters. The third-order valence-corrected chi connectivity index (χ3v) is 5.73. The average Bonchev–Trinajstić information content (AvgIpc) is 3.02. The van der Waals surface area contributed by atoms with E-state index in [1.807, 2.05) is 0 Å². The van der Waals surface area contributed by atoms with Crippen LogP contribution in [-0.2, 0) is 9.84 Å². The van der Waals surface area contributed by atoms with Gasteiger partial charge >= 0.3 is 0 Å². The van der Waals surface area contributed by atoms with E-state index in [-0.39, 0.29) is 35.6 Å². The van der Waals surface area contributed by atoms with Crippen LogP contribution < -0.4 is 10.6 Å². The molecular weight excluding hydrogens is 401 g/mol. The number of guanidine groups is 1. The molecule has 0 aromatic carbocycles.